The first-order chi connectivity index (χ1) is 6.04. The third-order valence-electron chi connectivity index (χ3n) is 4.03. The Morgan fingerprint density at radius 1 is 1.54 bits per heavy atom. The average Bonchev–Trinajstić information content (AvgIpc) is 2.09. The van der Waals surface area contributed by atoms with Crippen molar-refractivity contribution in [2.45, 2.75) is 46.5 Å². The summed E-state index contributed by atoms with van der Waals surface area (Å²) in [4.78, 5) is 11.5. The molecule has 13 heavy (non-hydrogen) atoms. The smallest absolute Gasteiger partial charge is 0.228 e. The van der Waals surface area contributed by atoms with E-state index in [9.17, 15) is 4.79 Å². The van der Waals surface area contributed by atoms with Crippen molar-refractivity contribution in [3.63, 3.8) is 0 Å². The van der Waals surface area contributed by atoms with Gasteiger partial charge >= 0.3 is 0 Å². The van der Waals surface area contributed by atoms with Gasteiger partial charge in [0, 0.05) is 5.41 Å². The summed E-state index contributed by atoms with van der Waals surface area (Å²) in [5.41, 5.74) is -0.223. The Hall–Kier alpha value is -0.0400. The topological polar surface area (TPSA) is 17.1 Å². The average molecular weight is 203 g/mol. The summed E-state index contributed by atoms with van der Waals surface area (Å²) in [5, 5.41) is -0.117. The molecule has 0 heterocycles. The van der Waals surface area contributed by atoms with Crippen LogP contribution in [-0.2, 0) is 4.79 Å². The number of carbonyl (C=O) groups is 1. The van der Waals surface area contributed by atoms with Crippen molar-refractivity contribution in [2.24, 2.45) is 17.3 Å². The van der Waals surface area contributed by atoms with Gasteiger partial charge in [-0.15, -0.1) is 0 Å². The van der Waals surface area contributed by atoms with Crippen LogP contribution in [-0.4, -0.2) is 5.24 Å². The molecule has 0 saturated heterocycles. The first-order valence-electron chi connectivity index (χ1n) is 5.24. The Labute approximate surface area is 85.8 Å². The maximum Gasteiger partial charge on any atom is 0.228 e. The summed E-state index contributed by atoms with van der Waals surface area (Å²) in [6.45, 7) is 6.48. The Morgan fingerprint density at radius 2 is 2.15 bits per heavy atom. The number of hydrogen-bond donors (Lipinski definition) is 0. The molecule has 76 valence electrons. The van der Waals surface area contributed by atoms with Crippen molar-refractivity contribution in [3.8, 4) is 0 Å². The van der Waals surface area contributed by atoms with E-state index in [1.165, 1.54) is 6.42 Å². The summed E-state index contributed by atoms with van der Waals surface area (Å²) in [6, 6.07) is 0. The van der Waals surface area contributed by atoms with E-state index in [0.717, 1.165) is 19.3 Å². The molecular formula is C11H19ClO. The van der Waals surface area contributed by atoms with Crippen molar-refractivity contribution in [1.82, 2.24) is 0 Å². The van der Waals surface area contributed by atoms with Gasteiger partial charge in [0.15, 0.2) is 0 Å². The Morgan fingerprint density at radius 3 is 2.54 bits per heavy atom. The molecule has 1 nitrogen and oxygen atoms in total. The molecular weight excluding hydrogens is 184 g/mol. The van der Waals surface area contributed by atoms with Crippen molar-refractivity contribution in [1.29, 1.82) is 0 Å². The van der Waals surface area contributed by atoms with Gasteiger partial charge < -0.3 is 0 Å². The highest BCUT2D eigenvalue weighted by molar-refractivity contribution is 6.64. The highest BCUT2D eigenvalue weighted by atomic mass is 35.5. The molecule has 0 spiro atoms. The fourth-order valence-electron chi connectivity index (χ4n) is 2.68. The maximum atomic E-state index is 11.5. The molecule has 0 aliphatic heterocycles. The van der Waals surface area contributed by atoms with Gasteiger partial charge in [-0.2, -0.15) is 0 Å². The highest BCUT2D eigenvalue weighted by Gasteiger charge is 2.44. The van der Waals surface area contributed by atoms with Gasteiger partial charge in [0.2, 0.25) is 5.24 Å². The summed E-state index contributed by atoms with van der Waals surface area (Å²) in [7, 11) is 0. The first kappa shape index (κ1) is 11.0. The van der Waals surface area contributed by atoms with Gasteiger partial charge in [0.05, 0.1) is 0 Å². The lowest BCUT2D eigenvalue weighted by Gasteiger charge is -2.42. The second-order valence-corrected chi connectivity index (χ2v) is 4.78. The van der Waals surface area contributed by atoms with E-state index >= 15 is 0 Å². The molecule has 3 unspecified atom stereocenters. The molecule has 0 radical (unpaired) electrons. The molecule has 0 amide bonds. The van der Waals surface area contributed by atoms with Gasteiger partial charge in [-0.3, -0.25) is 4.79 Å². The normalized spacial score (nSPS) is 40.3. The largest absolute Gasteiger partial charge is 0.281 e. The maximum absolute atomic E-state index is 11.5. The second kappa shape index (κ2) is 4.00. The number of halogens is 1. The van der Waals surface area contributed by atoms with Crippen molar-refractivity contribution in [3.05, 3.63) is 0 Å². The van der Waals surface area contributed by atoms with E-state index in [1.54, 1.807) is 0 Å². The molecule has 1 aliphatic rings. The molecule has 0 aromatic heterocycles. The third kappa shape index (κ3) is 1.76. The van der Waals surface area contributed by atoms with Gasteiger partial charge in [-0.1, -0.05) is 33.6 Å². The Bertz CT molecular complexity index is 202. The summed E-state index contributed by atoms with van der Waals surface area (Å²) >= 11 is 5.73. The van der Waals surface area contributed by atoms with Gasteiger partial charge in [0.1, 0.15) is 0 Å². The van der Waals surface area contributed by atoms with E-state index in [-0.39, 0.29) is 10.7 Å². The lowest BCUT2D eigenvalue weighted by atomic mass is 9.62. The standard InChI is InChI=1S/C11H19ClO/c1-4-11(10(12)13)7-5-6-8(2)9(11)3/h8-9H,4-7H2,1-3H3. The highest BCUT2D eigenvalue weighted by Crippen LogP contribution is 2.47. The fraction of sp³-hybridized carbons (Fsp3) is 0.909. The van der Waals surface area contributed by atoms with Crippen molar-refractivity contribution >= 4 is 16.8 Å². The summed E-state index contributed by atoms with van der Waals surface area (Å²) in [6.07, 6.45) is 4.27. The zero-order chi connectivity index (χ0) is 10.1. The minimum absolute atomic E-state index is 0.117. The van der Waals surface area contributed by atoms with Crippen LogP contribution >= 0.6 is 11.6 Å². The van der Waals surface area contributed by atoms with Crippen LogP contribution in [0.5, 0.6) is 0 Å². The van der Waals surface area contributed by atoms with Crippen molar-refractivity contribution in [2.75, 3.05) is 0 Å². The van der Waals surface area contributed by atoms with Crippen LogP contribution in [0.3, 0.4) is 0 Å². The van der Waals surface area contributed by atoms with Gasteiger partial charge in [-0.05, 0) is 36.3 Å². The summed E-state index contributed by atoms with van der Waals surface area (Å²) in [5.74, 6) is 1.08. The minimum atomic E-state index is -0.223. The monoisotopic (exact) mass is 202 g/mol. The van der Waals surface area contributed by atoms with E-state index in [2.05, 4.69) is 20.8 Å². The van der Waals surface area contributed by atoms with E-state index in [0.29, 0.717) is 11.8 Å². The van der Waals surface area contributed by atoms with Crippen LogP contribution in [0.25, 0.3) is 0 Å². The molecule has 1 fully saturated rings. The molecule has 0 aromatic carbocycles. The van der Waals surface area contributed by atoms with Crippen LogP contribution in [0.4, 0.5) is 0 Å². The predicted molar refractivity (Wildman–Crippen MR) is 55.8 cm³/mol. The number of carbonyl (C=O) groups excluding carboxylic acids is 1. The third-order valence-corrected chi connectivity index (χ3v) is 4.41. The van der Waals surface area contributed by atoms with Crippen LogP contribution in [0, 0.1) is 17.3 Å². The fourth-order valence-corrected chi connectivity index (χ4v) is 3.08. The van der Waals surface area contributed by atoms with E-state index < -0.39 is 0 Å². The van der Waals surface area contributed by atoms with Crippen LogP contribution in [0.15, 0.2) is 0 Å². The number of rotatable bonds is 2. The van der Waals surface area contributed by atoms with Crippen LogP contribution in [0.1, 0.15) is 46.5 Å². The lowest BCUT2D eigenvalue weighted by molar-refractivity contribution is -0.127. The minimum Gasteiger partial charge on any atom is -0.281 e. The summed E-state index contributed by atoms with van der Waals surface area (Å²) < 4.78 is 0. The zero-order valence-electron chi connectivity index (χ0n) is 8.77. The lowest BCUT2D eigenvalue weighted by Crippen LogP contribution is -2.40. The Balaban J connectivity index is 2.89. The quantitative estimate of drug-likeness (QED) is 0.626. The molecule has 3 atom stereocenters. The van der Waals surface area contributed by atoms with E-state index in [4.69, 9.17) is 11.6 Å². The molecule has 2 heteroatoms. The molecule has 1 rings (SSSR count). The van der Waals surface area contributed by atoms with Gasteiger partial charge in [-0.25, -0.2) is 0 Å². The number of hydrogen-bond acceptors (Lipinski definition) is 1. The Kier molecular flexibility index (Phi) is 3.39. The second-order valence-electron chi connectivity index (χ2n) is 4.44. The first-order valence-corrected chi connectivity index (χ1v) is 5.62. The van der Waals surface area contributed by atoms with Gasteiger partial charge in [0.25, 0.3) is 0 Å². The van der Waals surface area contributed by atoms with Crippen molar-refractivity contribution < 1.29 is 4.79 Å². The van der Waals surface area contributed by atoms with Crippen LogP contribution < -0.4 is 0 Å². The predicted octanol–water partition coefficient (Wildman–Crippen LogP) is 3.60. The molecule has 0 bridgehead atoms. The molecule has 1 saturated carbocycles. The molecule has 0 N–H and O–H groups in total. The molecule has 0 aromatic rings. The zero-order valence-corrected chi connectivity index (χ0v) is 9.53. The SMILES string of the molecule is CCC1(C(=O)Cl)CCCC(C)C1C. The van der Waals surface area contributed by atoms with Crippen LogP contribution in [0.2, 0.25) is 0 Å². The van der Waals surface area contributed by atoms with E-state index in [1.807, 2.05) is 0 Å². The molecule has 1 aliphatic carbocycles.